The zero-order valence-corrected chi connectivity index (χ0v) is 19.1. The third kappa shape index (κ3) is 5.72. The predicted molar refractivity (Wildman–Crippen MR) is 126 cm³/mol. The van der Waals surface area contributed by atoms with Gasteiger partial charge in [0.05, 0.1) is 7.11 Å². The zero-order chi connectivity index (χ0) is 24.0. The van der Waals surface area contributed by atoms with Gasteiger partial charge >= 0.3 is 0 Å². The zero-order valence-electron chi connectivity index (χ0n) is 19.1. The lowest BCUT2D eigenvalue weighted by atomic mass is 9.97. The van der Waals surface area contributed by atoms with Crippen LogP contribution in [0.5, 0.6) is 28.7 Å². The lowest BCUT2D eigenvalue weighted by Crippen LogP contribution is -2.00. The Morgan fingerprint density at radius 3 is 2.03 bits per heavy atom. The van der Waals surface area contributed by atoms with E-state index in [9.17, 15) is 25.2 Å². The van der Waals surface area contributed by atoms with Gasteiger partial charge < -0.3 is 25.2 Å². The van der Waals surface area contributed by atoms with E-state index in [0.717, 1.165) is 17.2 Å². The maximum atomic E-state index is 12.8. The molecule has 0 amide bonds. The van der Waals surface area contributed by atoms with E-state index in [1.165, 1.54) is 19.3 Å². The van der Waals surface area contributed by atoms with Crippen LogP contribution in [0.1, 0.15) is 54.7 Å². The van der Waals surface area contributed by atoms with E-state index in [0.29, 0.717) is 23.3 Å². The molecule has 0 atom stereocenters. The summed E-state index contributed by atoms with van der Waals surface area (Å²) in [7, 11) is 1.46. The number of hydrogen-bond donors (Lipinski definition) is 4. The monoisotopic (exact) mass is 438 g/mol. The van der Waals surface area contributed by atoms with E-state index in [1.807, 2.05) is 33.8 Å². The Bertz CT molecular complexity index is 1100. The maximum absolute atomic E-state index is 12.8. The van der Waals surface area contributed by atoms with Crippen LogP contribution >= 0.6 is 0 Å². The maximum Gasteiger partial charge on any atom is 0.193 e. The summed E-state index contributed by atoms with van der Waals surface area (Å²) in [5.74, 6) is -1.60. The molecule has 0 bridgehead atoms. The number of ether oxygens (including phenoxy) is 1. The summed E-state index contributed by atoms with van der Waals surface area (Å²) >= 11 is 0. The highest BCUT2D eigenvalue weighted by Crippen LogP contribution is 2.39. The van der Waals surface area contributed by atoms with Crippen LogP contribution < -0.4 is 4.74 Å². The van der Waals surface area contributed by atoms with Crippen LogP contribution in [0.2, 0.25) is 0 Å². The minimum atomic E-state index is -0.637. The fraction of sp³-hybridized carbons (Fsp3) is 0.269. The molecule has 0 fully saturated rings. The molecule has 0 radical (unpaired) electrons. The molecule has 0 aliphatic heterocycles. The lowest BCUT2D eigenvalue weighted by molar-refractivity contribution is 0.104. The molecule has 0 aliphatic carbocycles. The molecular formula is C26H30O6. The Morgan fingerprint density at radius 2 is 1.47 bits per heavy atom. The van der Waals surface area contributed by atoms with E-state index in [4.69, 9.17) is 4.74 Å². The number of phenols is 4. The average molecular weight is 439 g/mol. The predicted octanol–water partition coefficient (Wildman–Crippen LogP) is 5.43. The molecule has 0 unspecified atom stereocenters. The first-order valence-corrected chi connectivity index (χ1v) is 10.2. The van der Waals surface area contributed by atoms with E-state index >= 15 is 0 Å². The number of hydrogen-bond acceptors (Lipinski definition) is 6. The number of benzene rings is 2. The van der Waals surface area contributed by atoms with E-state index < -0.39 is 17.3 Å². The van der Waals surface area contributed by atoms with Crippen molar-refractivity contribution in [3.63, 3.8) is 0 Å². The summed E-state index contributed by atoms with van der Waals surface area (Å²) in [5.41, 5.74) is 3.09. The number of carbonyl (C=O) groups excluding carboxylic acids is 1. The van der Waals surface area contributed by atoms with Crippen molar-refractivity contribution >= 4 is 11.9 Å². The topological polar surface area (TPSA) is 107 Å². The first-order valence-electron chi connectivity index (χ1n) is 10.2. The molecule has 0 aromatic heterocycles. The van der Waals surface area contributed by atoms with E-state index in [2.05, 4.69) is 0 Å². The second-order valence-corrected chi connectivity index (χ2v) is 7.97. The van der Waals surface area contributed by atoms with Crippen LogP contribution in [0.25, 0.3) is 6.08 Å². The molecule has 2 rings (SSSR count). The quantitative estimate of drug-likeness (QED) is 0.249. The summed E-state index contributed by atoms with van der Waals surface area (Å²) in [4.78, 5) is 12.8. The average Bonchev–Trinajstić information content (AvgIpc) is 2.70. The van der Waals surface area contributed by atoms with Crippen molar-refractivity contribution in [2.24, 2.45) is 0 Å². The molecule has 0 aliphatic rings. The van der Waals surface area contributed by atoms with Gasteiger partial charge in [-0.25, -0.2) is 0 Å². The number of aromatic hydroxyl groups is 4. The van der Waals surface area contributed by atoms with Crippen LogP contribution in [-0.4, -0.2) is 33.3 Å². The standard InChI is InChI=1S/C26H30O6/c1-15(2)6-10-18-17(9-13-23(32-5)25(18)30)8-12-20(27)24-22(29)14-21(28)19(26(24)31)11-7-16(3)4/h6-9,12-14,28-31H,10-11H2,1-5H3/b12-8+. The second-order valence-electron chi connectivity index (χ2n) is 7.97. The Hall–Kier alpha value is -3.67. The number of ketones is 1. The SMILES string of the molecule is COc1ccc(/C=C/C(=O)c2c(O)cc(O)c(CC=C(C)C)c2O)c(CC=C(C)C)c1O. The molecule has 6 heteroatoms. The fourth-order valence-electron chi connectivity index (χ4n) is 3.15. The normalized spacial score (nSPS) is 10.8. The van der Waals surface area contributed by atoms with Gasteiger partial charge in [0, 0.05) is 17.2 Å². The first kappa shape index (κ1) is 24.6. The van der Waals surface area contributed by atoms with Crippen molar-refractivity contribution < 1.29 is 30.0 Å². The molecule has 2 aromatic rings. The molecule has 2 aromatic carbocycles. The third-order valence-electron chi connectivity index (χ3n) is 4.95. The molecule has 32 heavy (non-hydrogen) atoms. The van der Waals surface area contributed by atoms with Crippen molar-refractivity contribution in [1.29, 1.82) is 0 Å². The van der Waals surface area contributed by atoms with Gasteiger partial charge in [0.1, 0.15) is 22.8 Å². The number of phenolic OH excluding ortho intramolecular Hbond substituents is 4. The molecule has 0 saturated heterocycles. The van der Waals surface area contributed by atoms with Crippen molar-refractivity contribution in [3.05, 3.63) is 69.8 Å². The summed E-state index contributed by atoms with van der Waals surface area (Å²) in [5, 5.41) is 41.4. The highest BCUT2D eigenvalue weighted by molar-refractivity contribution is 6.11. The van der Waals surface area contributed by atoms with Crippen molar-refractivity contribution in [2.45, 2.75) is 40.5 Å². The van der Waals surface area contributed by atoms with Crippen LogP contribution in [-0.2, 0) is 12.8 Å². The molecule has 0 spiro atoms. The van der Waals surface area contributed by atoms with Crippen LogP contribution in [0.4, 0.5) is 0 Å². The lowest BCUT2D eigenvalue weighted by Gasteiger charge is -2.12. The molecule has 0 saturated carbocycles. The van der Waals surface area contributed by atoms with Gasteiger partial charge in [-0.15, -0.1) is 0 Å². The van der Waals surface area contributed by atoms with Gasteiger partial charge in [0.15, 0.2) is 17.3 Å². The number of methoxy groups -OCH3 is 1. The van der Waals surface area contributed by atoms with Crippen molar-refractivity contribution in [3.8, 4) is 28.7 Å². The first-order chi connectivity index (χ1) is 15.1. The minimum absolute atomic E-state index is 0.0149. The van der Waals surface area contributed by atoms with Gasteiger partial charge in [-0.05, 0) is 58.2 Å². The summed E-state index contributed by atoms with van der Waals surface area (Å²) < 4.78 is 5.18. The van der Waals surface area contributed by atoms with Gasteiger partial charge in [0.2, 0.25) is 0 Å². The number of rotatable bonds is 8. The van der Waals surface area contributed by atoms with Crippen LogP contribution in [0.15, 0.2) is 47.6 Å². The Balaban J connectivity index is 2.48. The Labute approximate surface area is 188 Å². The summed E-state index contributed by atoms with van der Waals surface area (Å²) in [6.07, 6.45) is 7.11. The van der Waals surface area contributed by atoms with Gasteiger partial charge in [-0.1, -0.05) is 35.4 Å². The Morgan fingerprint density at radius 1 is 0.875 bits per heavy atom. The van der Waals surface area contributed by atoms with Crippen molar-refractivity contribution in [2.75, 3.05) is 7.11 Å². The van der Waals surface area contributed by atoms with E-state index in [-0.39, 0.29) is 29.0 Å². The van der Waals surface area contributed by atoms with Gasteiger partial charge in [-0.2, -0.15) is 0 Å². The highest BCUT2D eigenvalue weighted by Gasteiger charge is 2.21. The number of carbonyl (C=O) groups is 1. The molecular weight excluding hydrogens is 408 g/mol. The van der Waals surface area contributed by atoms with Crippen LogP contribution in [0, 0.1) is 0 Å². The van der Waals surface area contributed by atoms with E-state index in [1.54, 1.807) is 18.2 Å². The molecule has 170 valence electrons. The molecule has 0 heterocycles. The Kier molecular flexibility index (Phi) is 8.13. The second kappa shape index (κ2) is 10.6. The number of allylic oxidation sites excluding steroid dienone is 5. The summed E-state index contributed by atoms with van der Waals surface area (Å²) in [6.45, 7) is 7.64. The third-order valence-corrected chi connectivity index (χ3v) is 4.95. The summed E-state index contributed by atoms with van der Waals surface area (Å²) in [6, 6.07) is 4.36. The molecule has 6 nitrogen and oxygen atoms in total. The molecule has 4 N–H and O–H groups in total. The largest absolute Gasteiger partial charge is 0.507 e. The highest BCUT2D eigenvalue weighted by atomic mass is 16.5. The van der Waals surface area contributed by atoms with Crippen molar-refractivity contribution in [1.82, 2.24) is 0 Å². The fourth-order valence-corrected chi connectivity index (χ4v) is 3.15. The minimum Gasteiger partial charge on any atom is -0.507 e. The van der Waals surface area contributed by atoms with Gasteiger partial charge in [0.25, 0.3) is 0 Å². The van der Waals surface area contributed by atoms with Crippen LogP contribution in [0.3, 0.4) is 0 Å². The van der Waals surface area contributed by atoms with Gasteiger partial charge in [-0.3, -0.25) is 4.79 Å². The smallest absolute Gasteiger partial charge is 0.193 e.